The molecule has 7 heterocycles. The lowest BCUT2D eigenvalue weighted by Gasteiger charge is -2.37. The number of fused-ring (bicyclic) bond motifs is 2. The third kappa shape index (κ3) is 10.7. The van der Waals surface area contributed by atoms with E-state index < -0.39 is 0 Å². The molecule has 0 spiro atoms. The van der Waals surface area contributed by atoms with Crippen LogP contribution in [0, 0.1) is 7.14 Å². The van der Waals surface area contributed by atoms with Crippen molar-refractivity contribution in [3.8, 4) is 11.8 Å². The molecule has 3 aromatic rings. The Hall–Kier alpha value is -0.570. The van der Waals surface area contributed by atoms with Crippen LogP contribution in [-0.4, -0.2) is 78.9 Å². The van der Waals surface area contributed by atoms with Gasteiger partial charge in [-0.2, -0.15) is 0 Å². The number of anilines is 1. The number of aromatic amines is 1. The molecule has 0 aromatic carbocycles. The highest BCUT2D eigenvalue weighted by Crippen LogP contribution is 2.40. The van der Waals surface area contributed by atoms with Gasteiger partial charge in [-0.1, -0.05) is 0 Å². The minimum Gasteiger partial charge on any atom is -0.473 e. The van der Waals surface area contributed by atoms with Crippen molar-refractivity contribution in [1.82, 2.24) is 15.0 Å². The predicted octanol–water partition coefficient (Wildman–Crippen LogP) is 7.52. The van der Waals surface area contributed by atoms with Crippen LogP contribution in [0.5, 0.6) is 11.8 Å². The first-order chi connectivity index (χ1) is 22.3. The summed E-state index contributed by atoms with van der Waals surface area (Å²) in [6, 6.07) is 6.80. The van der Waals surface area contributed by atoms with E-state index in [0.29, 0.717) is 15.7 Å². The summed E-state index contributed by atoms with van der Waals surface area (Å²) in [5.74, 6) is 1.49. The second-order valence-corrected chi connectivity index (χ2v) is 16.2. The zero-order valence-corrected chi connectivity index (χ0v) is 34.0. The molecule has 0 amide bonds. The van der Waals surface area contributed by atoms with Crippen LogP contribution in [0.15, 0.2) is 55.0 Å². The molecule has 7 rings (SSSR count). The van der Waals surface area contributed by atoms with E-state index in [1.165, 1.54) is 12.8 Å². The van der Waals surface area contributed by atoms with Crippen LogP contribution in [0.1, 0.15) is 38.5 Å². The highest BCUT2D eigenvalue weighted by atomic mass is 127. The SMILES string of the molecule is Brc1cnc(OC2CCOCC2)c(I)c1.Brc1cnc(OC2CCOCC2)c(N2C3CCC2COC3)c1.O=c1[nH]cc(Br)cc1I. The van der Waals surface area contributed by atoms with Gasteiger partial charge in [0.15, 0.2) is 0 Å². The van der Waals surface area contributed by atoms with Crippen LogP contribution in [0.25, 0.3) is 0 Å². The number of morpholine rings is 1. The molecule has 2 unspecified atom stereocenters. The average molecular weight is 1050 g/mol. The van der Waals surface area contributed by atoms with Gasteiger partial charge in [0.2, 0.25) is 11.8 Å². The summed E-state index contributed by atoms with van der Waals surface area (Å²) in [6.07, 6.45) is 11.8. The summed E-state index contributed by atoms with van der Waals surface area (Å²) < 4.78 is 33.0. The number of nitrogens with one attached hydrogen (secondary N) is 1. The van der Waals surface area contributed by atoms with Gasteiger partial charge < -0.3 is 33.6 Å². The standard InChI is InChI=1S/C16H21BrN2O3.C10H11BrINO2.C5H3BrINO/c17-11-7-15(19-12-1-2-13(19)10-21-9-12)16(18-8-11)22-14-3-5-20-6-4-14;11-7-5-9(12)10(13-6-7)15-8-1-3-14-4-2-8;6-3-1-4(7)5(9)8-2-3/h7-8,12-14H,1-6,9-10H2;5-6,8H,1-4H2;1-2H,(H,8,9). The Morgan fingerprint density at radius 1 is 0.717 bits per heavy atom. The van der Waals surface area contributed by atoms with E-state index >= 15 is 0 Å². The van der Waals surface area contributed by atoms with Gasteiger partial charge in [-0.15, -0.1) is 0 Å². The Morgan fingerprint density at radius 2 is 1.24 bits per heavy atom. The van der Waals surface area contributed by atoms with Crippen LogP contribution in [-0.2, 0) is 14.2 Å². The number of H-pyrrole nitrogens is 1. The van der Waals surface area contributed by atoms with Crippen molar-refractivity contribution >= 4 is 98.7 Å². The van der Waals surface area contributed by atoms with Gasteiger partial charge in [-0.3, -0.25) is 4.79 Å². The highest BCUT2D eigenvalue weighted by Gasteiger charge is 2.39. The maximum Gasteiger partial charge on any atom is 0.261 e. The molecule has 2 bridgehead atoms. The molecule has 4 aliphatic rings. The quantitative estimate of drug-likeness (QED) is 0.260. The molecular weight excluding hydrogens is 1020 g/mol. The zero-order valence-electron chi connectivity index (χ0n) is 24.9. The van der Waals surface area contributed by atoms with Crippen LogP contribution >= 0.6 is 93.0 Å². The van der Waals surface area contributed by atoms with Gasteiger partial charge in [0, 0.05) is 57.7 Å². The smallest absolute Gasteiger partial charge is 0.261 e. The Kier molecular flexibility index (Phi) is 14.7. The lowest BCUT2D eigenvalue weighted by atomic mass is 10.1. The number of hydrogen-bond acceptors (Lipinski definition) is 9. The summed E-state index contributed by atoms with van der Waals surface area (Å²) in [6.45, 7) is 4.74. The molecule has 4 fully saturated rings. The van der Waals surface area contributed by atoms with Crippen molar-refractivity contribution in [1.29, 1.82) is 0 Å². The normalized spacial score (nSPS) is 21.5. The average Bonchev–Trinajstić information content (AvgIpc) is 3.30. The van der Waals surface area contributed by atoms with E-state index in [9.17, 15) is 4.79 Å². The molecule has 250 valence electrons. The lowest BCUT2D eigenvalue weighted by Crippen LogP contribution is -2.46. The molecule has 0 aliphatic carbocycles. The number of rotatable bonds is 5. The monoisotopic (exact) mass is 1050 g/mol. The van der Waals surface area contributed by atoms with E-state index in [-0.39, 0.29) is 17.8 Å². The molecule has 4 aliphatic heterocycles. The fourth-order valence-corrected chi connectivity index (χ4v) is 8.48. The van der Waals surface area contributed by atoms with Gasteiger partial charge in [0.1, 0.15) is 17.9 Å². The Morgan fingerprint density at radius 3 is 1.78 bits per heavy atom. The van der Waals surface area contributed by atoms with Crippen molar-refractivity contribution in [3.05, 3.63) is 67.7 Å². The zero-order chi connectivity index (χ0) is 32.5. The topological polar surface area (TPSA) is 108 Å². The number of halogens is 5. The van der Waals surface area contributed by atoms with Crippen LogP contribution in [0.4, 0.5) is 5.69 Å². The second kappa shape index (κ2) is 18.4. The minimum atomic E-state index is -0.0428. The molecule has 10 nitrogen and oxygen atoms in total. The van der Waals surface area contributed by atoms with Gasteiger partial charge >= 0.3 is 0 Å². The first kappa shape index (κ1) is 36.7. The van der Waals surface area contributed by atoms with Gasteiger partial charge in [-0.25, -0.2) is 9.97 Å². The van der Waals surface area contributed by atoms with Crippen LogP contribution in [0.2, 0.25) is 0 Å². The molecule has 15 heteroatoms. The minimum absolute atomic E-state index is 0.0428. The number of ether oxygens (including phenoxy) is 5. The van der Waals surface area contributed by atoms with E-state index in [2.05, 4.69) is 96.3 Å². The van der Waals surface area contributed by atoms with Crippen LogP contribution in [0.3, 0.4) is 0 Å². The third-order valence-corrected chi connectivity index (χ3v) is 10.7. The summed E-state index contributed by atoms with van der Waals surface area (Å²) in [4.78, 5) is 24.5. The number of aromatic nitrogens is 3. The predicted molar refractivity (Wildman–Crippen MR) is 203 cm³/mol. The summed E-state index contributed by atoms with van der Waals surface area (Å²) in [5.41, 5.74) is 1.07. The number of nitrogens with zero attached hydrogens (tertiary/aromatic N) is 3. The maximum atomic E-state index is 10.7. The molecule has 4 saturated heterocycles. The number of pyridine rings is 3. The summed E-state index contributed by atoms with van der Waals surface area (Å²) in [5, 5.41) is 0. The third-order valence-electron chi connectivity index (χ3n) is 7.81. The molecule has 1 N–H and O–H groups in total. The first-order valence-corrected chi connectivity index (χ1v) is 19.7. The summed E-state index contributed by atoms with van der Waals surface area (Å²) in [7, 11) is 0. The van der Waals surface area contributed by atoms with Crippen molar-refractivity contribution in [3.63, 3.8) is 0 Å². The van der Waals surface area contributed by atoms with Gasteiger partial charge in [0.05, 0.1) is 58.9 Å². The fraction of sp³-hybridized carbons (Fsp3) is 0.516. The van der Waals surface area contributed by atoms with E-state index in [4.69, 9.17) is 23.7 Å². The first-order valence-electron chi connectivity index (χ1n) is 15.1. The van der Waals surface area contributed by atoms with Crippen molar-refractivity contribution in [2.24, 2.45) is 0 Å². The Balaban J connectivity index is 0.000000150. The second-order valence-electron chi connectivity index (χ2n) is 11.1. The largest absolute Gasteiger partial charge is 0.473 e. The van der Waals surface area contributed by atoms with Crippen LogP contribution < -0.4 is 19.9 Å². The van der Waals surface area contributed by atoms with E-state index in [1.54, 1.807) is 18.5 Å². The maximum absolute atomic E-state index is 10.7. The molecule has 3 aromatic heterocycles. The molecular formula is C31H35Br3I2N4O6. The Bertz CT molecular complexity index is 1480. The molecule has 2 atom stereocenters. The van der Waals surface area contributed by atoms with Crippen molar-refractivity contribution in [2.75, 3.05) is 44.5 Å². The van der Waals surface area contributed by atoms with E-state index in [0.717, 1.165) is 99.8 Å². The highest BCUT2D eigenvalue weighted by molar-refractivity contribution is 14.1. The molecule has 0 saturated carbocycles. The lowest BCUT2D eigenvalue weighted by molar-refractivity contribution is 0.0232. The van der Waals surface area contributed by atoms with Crippen molar-refractivity contribution in [2.45, 2.75) is 62.8 Å². The van der Waals surface area contributed by atoms with Gasteiger partial charge in [0.25, 0.3) is 5.56 Å². The van der Waals surface area contributed by atoms with E-state index in [1.807, 2.05) is 34.9 Å². The van der Waals surface area contributed by atoms with Gasteiger partial charge in [-0.05, 0) is 124 Å². The summed E-state index contributed by atoms with van der Waals surface area (Å²) >= 11 is 14.4. The number of hydrogen-bond donors (Lipinski definition) is 1. The molecule has 46 heavy (non-hydrogen) atoms. The molecule has 0 radical (unpaired) electrons. The fourth-order valence-electron chi connectivity index (χ4n) is 5.54. The Labute approximate surface area is 321 Å². The van der Waals surface area contributed by atoms with Crippen molar-refractivity contribution < 1.29 is 23.7 Å².